The minimum atomic E-state index is 0.252. The van der Waals surface area contributed by atoms with E-state index in [1.165, 1.54) is 0 Å². The summed E-state index contributed by atoms with van der Waals surface area (Å²) >= 11 is 0. The molecule has 1 aromatic heterocycles. The molecule has 0 fully saturated rings. The van der Waals surface area contributed by atoms with Crippen LogP contribution in [0.2, 0.25) is 0 Å². The van der Waals surface area contributed by atoms with Gasteiger partial charge in [-0.15, -0.1) is 5.10 Å². The highest BCUT2D eigenvalue weighted by molar-refractivity contribution is 5.98. The standard InChI is InChI=1S/C19H19N3O5/c1-23-16-7-12-13(17(24-2)18(16)25-3)9-21-22-19(12)20-8-11-4-5-14-15(6-11)27-10-26-14/h4-7,9H,8,10H2,1-3H3,(H,20,22). The number of hydrogen-bond acceptors (Lipinski definition) is 8. The van der Waals surface area contributed by atoms with Gasteiger partial charge >= 0.3 is 0 Å². The molecule has 0 spiro atoms. The van der Waals surface area contributed by atoms with Crippen LogP contribution in [0.4, 0.5) is 5.82 Å². The molecule has 0 atom stereocenters. The van der Waals surface area contributed by atoms with Gasteiger partial charge in [-0.2, -0.15) is 5.10 Å². The monoisotopic (exact) mass is 369 g/mol. The van der Waals surface area contributed by atoms with Gasteiger partial charge in [-0.05, 0) is 23.8 Å². The number of hydrogen-bond donors (Lipinski definition) is 1. The number of methoxy groups -OCH3 is 3. The van der Waals surface area contributed by atoms with Crippen molar-refractivity contribution >= 4 is 16.6 Å². The van der Waals surface area contributed by atoms with Crippen molar-refractivity contribution in [3.63, 3.8) is 0 Å². The summed E-state index contributed by atoms with van der Waals surface area (Å²) in [4.78, 5) is 0. The van der Waals surface area contributed by atoms with Crippen LogP contribution in [0.15, 0.2) is 30.5 Å². The lowest BCUT2D eigenvalue weighted by molar-refractivity contribution is 0.174. The average molecular weight is 369 g/mol. The van der Waals surface area contributed by atoms with Crippen LogP contribution < -0.4 is 29.0 Å². The molecule has 0 amide bonds. The fourth-order valence-electron chi connectivity index (χ4n) is 3.07. The Hall–Kier alpha value is -3.42. The lowest BCUT2D eigenvalue weighted by Gasteiger charge is -2.16. The van der Waals surface area contributed by atoms with E-state index in [1.54, 1.807) is 27.5 Å². The van der Waals surface area contributed by atoms with Gasteiger partial charge in [0.25, 0.3) is 0 Å². The van der Waals surface area contributed by atoms with Gasteiger partial charge in [0.2, 0.25) is 12.5 Å². The second-order valence-corrected chi connectivity index (χ2v) is 5.84. The van der Waals surface area contributed by atoms with Gasteiger partial charge in [-0.25, -0.2) is 0 Å². The number of benzene rings is 2. The number of nitrogens with one attached hydrogen (secondary N) is 1. The smallest absolute Gasteiger partial charge is 0.231 e. The molecule has 8 nitrogen and oxygen atoms in total. The van der Waals surface area contributed by atoms with Crippen LogP contribution in [0, 0.1) is 0 Å². The summed E-state index contributed by atoms with van der Waals surface area (Å²) in [6.07, 6.45) is 1.64. The Balaban J connectivity index is 1.69. The molecule has 8 heteroatoms. The largest absolute Gasteiger partial charge is 0.493 e. The first-order valence-corrected chi connectivity index (χ1v) is 8.32. The van der Waals surface area contributed by atoms with Gasteiger partial charge in [0.1, 0.15) is 0 Å². The van der Waals surface area contributed by atoms with E-state index in [0.29, 0.717) is 29.6 Å². The molecule has 0 saturated heterocycles. The number of ether oxygens (including phenoxy) is 5. The highest BCUT2D eigenvalue weighted by Gasteiger charge is 2.19. The Kier molecular flexibility index (Phi) is 4.45. The third-order valence-electron chi connectivity index (χ3n) is 4.37. The molecule has 0 unspecified atom stereocenters. The molecule has 27 heavy (non-hydrogen) atoms. The first kappa shape index (κ1) is 17.0. The predicted octanol–water partition coefficient (Wildman–Crippen LogP) is 3.00. The van der Waals surface area contributed by atoms with E-state index in [0.717, 1.165) is 27.8 Å². The molecule has 1 N–H and O–H groups in total. The van der Waals surface area contributed by atoms with E-state index in [2.05, 4.69) is 15.5 Å². The number of rotatable bonds is 6. The van der Waals surface area contributed by atoms with E-state index >= 15 is 0 Å². The van der Waals surface area contributed by atoms with Crippen molar-refractivity contribution in [2.45, 2.75) is 6.54 Å². The summed E-state index contributed by atoms with van der Waals surface area (Å²) in [6, 6.07) is 7.67. The first-order chi connectivity index (χ1) is 13.2. The quantitative estimate of drug-likeness (QED) is 0.710. The van der Waals surface area contributed by atoms with E-state index < -0.39 is 0 Å². The third kappa shape index (κ3) is 2.99. The molecule has 0 aliphatic carbocycles. The molecule has 2 heterocycles. The van der Waals surface area contributed by atoms with Crippen LogP contribution in [0.5, 0.6) is 28.7 Å². The first-order valence-electron chi connectivity index (χ1n) is 8.32. The number of anilines is 1. The summed E-state index contributed by atoms with van der Waals surface area (Å²) in [6.45, 7) is 0.795. The van der Waals surface area contributed by atoms with Gasteiger partial charge < -0.3 is 29.0 Å². The Morgan fingerprint density at radius 2 is 1.78 bits per heavy atom. The van der Waals surface area contributed by atoms with Gasteiger partial charge in [0, 0.05) is 11.9 Å². The maximum atomic E-state index is 5.53. The lowest BCUT2D eigenvalue weighted by atomic mass is 10.1. The van der Waals surface area contributed by atoms with Crippen LogP contribution >= 0.6 is 0 Å². The average Bonchev–Trinajstić information content (AvgIpc) is 3.18. The zero-order valence-electron chi connectivity index (χ0n) is 15.2. The molecule has 0 radical (unpaired) electrons. The SMILES string of the molecule is COc1cc2c(NCc3ccc4c(c3)OCO4)nncc2c(OC)c1OC. The molecule has 1 aliphatic heterocycles. The normalized spacial score (nSPS) is 12.1. The minimum Gasteiger partial charge on any atom is -0.493 e. The summed E-state index contributed by atoms with van der Waals surface area (Å²) in [7, 11) is 4.73. The molecular formula is C19H19N3O5. The van der Waals surface area contributed by atoms with E-state index in [1.807, 2.05) is 24.3 Å². The van der Waals surface area contributed by atoms with Crippen LogP contribution in [-0.4, -0.2) is 38.3 Å². The molecule has 3 aromatic rings. The zero-order chi connectivity index (χ0) is 18.8. The van der Waals surface area contributed by atoms with E-state index in [4.69, 9.17) is 23.7 Å². The fourth-order valence-corrected chi connectivity index (χ4v) is 3.07. The Bertz CT molecular complexity index is 993. The summed E-state index contributed by atoms with van der Waals surface area (Å²) in [5.74, 6) is 3.73. The molecular weight excluding hydrogens is 350 g/mol. The maximum Gasteiger partial charge on any atom is 0.231 e. The minimum absolute atomic E-state index is 0.252. The number of aromatic nitrogens is 2. The van der Waals surface area contributed by atoms with Gasteiger partial charge in [0.15, 0.2) is 28.8 Å². The highest BCUT2D eigenvalue weighted by Crippen LogP contribution is 2.44. The van der Waals surface area contributed by atoms with Crippen LogP contribution in [-0.2, 0) is 6.54 Å². The van der Waals surface area contributed by atoms with Crippen LogP contribution in [0.25, 0.3) is 10.8 Å². The Morgan fingerprint density at radius 3 is 2.56 bits per heavy atom. The fraction of sp³-hybridized carbons (Fsp3) is 0.263. The highest BCUT2D eigenvalue weighted by atomic mass is 16.7. The topological polar surface area (TPSA) is 84.0 Å². The van der Waals surface area contributed by atoms with E-state index in [-0.39, 0.29) is 6.79 Å². The van der Waals surface area contributed by atoms with Gasteiger partial charge in [-0.1, -0.05) is 6.07 Å². The maximum absolute atomic E-state index is 5.53. The second kappa shape index (κ2) is 7.06. The molecule has 1 aliphatic rings. The predicted molar refractivity (Wildman–Crippen MR) is 99.1 cm³/mol. The van der Waals surface area contributed by atoms with Crippen molar-refractivity contribution in [3.05, 3.63) is 36.0 Å². The molecule has 140 valence electrons. The molecule has 4 rings (SSSR count). The number of fused-ring (bicyclic) bond motifs is 2. The van der Waals surface area contributed by atoms with Crippen LogP contribution in [0.1, 0.15) is 5.56 Å². The second-order valence-electron chi connectivity index (χ2n) is 5.84. The molecule has 0 bridgehead atoms. The number of nitrogens with zero attached hydrogens (tertiary/aromatic N) is 2. The van der Waals surface area contributed by atoms with Crippen molar-refractivity contribution in [1.82, 2.24) is 10.2 Å². The van der Waals surface area contributed by atoms with Crippen LogP contribution in [0.3, 0.4) is 0 Å². The summed E-state index contributed by atoms with van der Waals surface area (Å²) in [5.41, 5.74) is 1.03. The lowest BCUT2D eigenvalue weighted by Crippen LogP contribution is -2.04. The Morgan fingerprint density at radius 1 is 0.963 bits per heavy atom. The molecule has 2 aromatic carbocycles. The van der Waals surface area contributed by atoms with Crippen molar-refractivity contribution in [2.75, 3.05) is 33.4 Å². The van der Waals surface area contributed by atoms with Gasteiger partial charge in [0.05, 0.1) is 32.9 Å². The van der Waals surface area contributed by atoms with Crippen molar-refractivity contribution in [1.29, 1.82) is 0 Å². The Labute approximate surface area is 156 Å². The summed E-state index contributed by atoms with van der Waals surface area (Å²) < 4.78 is 27.2. The van der Waals surface area contributed by atoms with Crippen molar-refractivity contribution in [2.24, 2.45) is 0 Å². The zero-order valence-corrected chi connectivity index (χ0v) is 15.2. The van der Waals surface area contributed by atoms with Gasteiger partial charge in [-0.3, -0.25) is 0 Å². The third-order valence-corrected chi connectivity index (χ3v) is 4.37. The van der Waals surface area contributed by atoms with E-state index in [9.17, 15) is 0 Å². The van der Waals surface area contributed by atoms with Crippen molar-refractivity contribution in [3.8, 4) is 28.7 Å². The molecule has 0 saturated carbocycles. The summed E-state index contributed by atoms with van der Waals surface area (Å²) in [5, 5.41) is 13.2. The van der Waals surface area contributed by atoms with Crippen molar-refractivity contribution < 1.29 is 23.7 Å².